The maximum atomic E-state index is 6.25. The molecular formula is C129H99N9OS3. The van der Waals surface area contributed by atoms with Crippen molar-refractivity contribution in [2.75, 3.05) is 0 Å². The lowest BCUT2D eigenvalue weighted by Gasteiger charge is -2.48. The third-order valence-electron chi connectivity index (χ3n) is 31.9. The number of aromatic nitrogens is 9. The van der Waals surface area contributed by atoms with E-state index in [9.17, 15) is 0 Å². The van der Waals surface area contributed by atoms with Crippen LogP contribution in [-0.4, -0.2) is 44.9 Å². The lowest BCUT2D eigenvalue weighted by Crippen LogP contribution is -2.43. The summed E-state index contributed by atoms with van der Waals surface area (Å²) in [5.41, 5.74) is 29.2. The van der Waals surface area contributed by atoms with E-state index in [0.717, 1.165) is 72.0 Å². The maximum Gasteiger partial charge on any atom is 0.164 e. The van der Waals surface area contributed by atoms with Gasteiger partial charge in [0.25, 0.3) is 0 Å². The van der Waals surface area contributed by atoms with Crippen LogP contribution in [0.25, 0.3) is 229 Å². The minimum Gasteiger partial charge on any atom is -0.456 e. The Balaban J connectivity index is 0.000000112. The molecule has 3 aliphatic rings. The summed E-state index contributed by atoms with van der Waals surface area (Å²) in [7, 11) is 0. The van der Waals surface area contributed by atoms with Crippen molar-refractivity contribution in [3.05, 3.63) is 416 Å². The molecule has 3 aliphatic carbocycles. The average Bonchev–Trinajstić information content (AvgIpc) is 1.28. The first kappa shape index (κ1) is 87.7. The predicted molar refractivity (Wildman–Crippen MR) is 594 cm³/mol. The number of furan rings is 1. The van der Waals surface area contributed by atoms with Crippen molar-refractivity contribution in [2.24, 2.45) is 0 Å². The molecule has 0 radical (unpaired) electrons. The van der Waals surface area contributed by atoms with Crippen molar-refractivity contribution in [3.8, 4) is 147 Å². The third-order valence-corrected chi connectivity index (χ3v) is 35.4. The van der Waals surface area contributed by atoms with E-state index in [4.69, 9.17) is 49.3 Å². The fraction of sp³-hybridized carbons (Fsp3) is 0.140. The highest BCUT2D eigenvalue weighted by molar-refractivity contribution is 7.26. The highest BCUT2D eigenvalue weighted by Crippen LogP contribution is 2.62. The highest BCUT2D eigenvalue weighted by atomic mass is 32.1. The topological polar surface area (TPSA) is 129 Å². The van der Waals surface area contributed by atoms with Crippen molar-refractivity contribution in [2.45, 2.75) is 116 Å². The van der Waals surface area contributed by atoms with Crippen LogP contribution in [0.1, 0.15) is 116 Å². The molecule has 0 unspecified atom stereocenters. The largest absolute Gasteiger partial charge is 0.456 e. The van der Waals surface area contributed by atoms with Crippen LogP contribution in [0.5, 0.6) is 0 Å². The molecule has 0 atom stereocenters. The van der Waals surface area contributed by atoms with Crippen molar-refractivity contribution in [1.82, 2.24) is 44.9 Å². The Labute approximate surface area is 837 Å². The first-order chi connectivity index (χ1) is 68.9. The first-order valence-corrected chi connectivity index (χ1v) is 51.2. The average molecular weight is 1890 g/mol. The van der Waals surface area contributed by atoms with Crippen LogP contribution in [0.2, 0.25) is 0 Å². The van der Waals surface area contributed by atoms with E-state index < -0.39 is 0 Å². The molecule has 142 heavy (non-hydrogen) atoms. The molecule has 684 valence electrons. The van der Waals surface area contributed by atoms with Crippen molar-refractivity contribution < 1.29 is 4.42 Å². The van der Waals surface area contributed by atoms with Gasteiger partial charge in [0.15, 0.2) is 52.4 Å². The van der Waals surface area contributed by atoms with Gasteiger partial charge in [0.05, 0.1) is 0 Å². The minimum atomic E-state index is -0.0667. The van der Waals surface area contributed by atoms with Gasteiger partial charge in [-0.1, -0.05) is 392 Å². The van der Waals surface area contributed by atoms with Gasteiger partial charge in [0.2, 0.25) is 0 Å². The summed E-state index contributed by atoms with van der Waals surface area (Å²) in [6.07, 6.45) is 0. The SMILES string of the molecule is CC1(C)c2ccccc2-c2c(ccc3sc4ccc(-c5nc(-c6ccccc6)nc(-c6cccc7oc8ccccc8c67)n5)cc4c23)C1(C)C.CC1(C)c2ccccc2-c2c(ccc3sc4ccc(-c5nc(-c6ccccc6)nc(-c6ccccc6)n5)cc4c23)C1(C)C.CC1(C)c2ccccc2-c2ccc3c(sc4ccc(-c5ccc(-c6nc(-c7ccccc7)nc(-c7ccccc7)n6)cc5)cc43)c2C1(C)C. The van der Waals surface area contributed by atoms with Crippen LogP contribution in [-0.2, 0) is 32.5 Å². The zero-order valence-electron chi connectivity index (χ0n) is 81.0. The van der Waals surface area contributed by atoms with Crippen molar-refractivity contribution in [1.29, 1.82) is 0 Å². The van der Waals surface area contributed by atoms with E-state index in [0.29, 0.717) is 52.4 Å². The minimum absolute atomic E-state index is 0.00376. The van der Waals surface area contributed by atoms with Gasteiger partial charge >= 0.3 is 0 Å². The molecule has 17 aromatic carbocycles. The Hall–Kier alpha value is -15.8. The van der Waals surface area contributed by atoms with Crippen molar-refractivity contribution >= 4 is 116 Å². The Morgan fingerprint density at radius 2 is 0.500 bits per heavy atom. The molecule has 0 fully saturated rings. The molecule has 0 bridgehead atoms. The molecule has 7 aromatic heterocycles. The maximum absolute atomic E-state index is 6.25. The van der Waals surface area contributed by atoms with Crippen molar-refractivity contribution in [3.63, 3.8) is 0 Å². The zero-order valence-corrected chi connectivity index (χ0v) is 83.5. The number of para-hydroxylation sites is 1. The van der Waals surface area contributed by atoms with E-state index in [1.165, 1.54) is 138 Å². The molecule has 7 heterocycles. The van der Waals surface area contributed by atoms with E-state index in [-0.39, 0.29) is 32.5 Å². The van der Waals surface area contributed by atoms with Crippen LogP contribution in [0.15, 0.2) is 387 Å². The molecule has 13 heteroatoms. The first-order valence-electron chi connectivity index (χ1n) is 48.8. The summed E-state index contributed by atoms with van der Waals surface area (Å²) in [4.78, 5) is 45.0. The second kappa shape index (κ2) is 33.5. The Bertz CT molecular complexity index is 9100. The summed E-state index contributed by atoms with van der Waals surface area (Å²) < 4.78 is 14.1. The van der Waals surface area contributed by atoms with Crippen LogP contribution in [0, 0.1) is 0 Å². The molecule has 0 saturated carbocycles. The van der Waals surface area contributed by atoms with Crippen LogP contribution < -0.4 is 0 Å². The molecule has 27 rings (SSSR count). The van der Waals surface area contributed by atoms with Gasteiger partial charge in [0, 0.05) is 127 Å². The normalized spacial score (nSPS) is 14.7. The van der Waals surface area contributed by atoms with Crippen LogP contribution in [0.4, 0.5) is 0 Å². The Morgan fingerprint density at radius 1 is 0.183 bits per heavy atom. The highest BCUT2D eigenvalue weighted by Gasteiger charge is 2.50. The number of hydrogen-bond donors (Lipinski definition) is 0. The summed E-state index contributed by atoms with van der Waals surface area (Å²) >= 11 is 5.65. The second-order valence-electron chi connectivity index (χ2n) is 41.0. The molecule has 0 N–H and O–H groups in total. The monoisotopic (exact) mass is 1890 g/mol. The second-order valence-corrected chi connectivity index (χ2v) is 44.2. The molecule has 10 nitrogen and oxygen atoms in total. The Morgan fingerprint density at radius 3 is 0.951 bits per heavy atom. The number of rotatable bonds is 10. The quantitative estimate of drug-likeness (QED) is 0.130. The van der Waals surface area contributed by atoms with E-state index in [1.807, 2.05) is 180 Å². The zero-order chi connectivity index (χ0) is 96.5. The summed E-state index contributed by atoms with van der Waals surface area (Å²) in [6.45, 7) is 28.8. The van der Waals surface area contributed by atoms with Gasteiger partial charge in [0.1, 0.15) is 11.2 Å². The fourth-order valence-corrected chi connectivity index (χ4v) is 25.8. The van der Waals surface area contributed by atoms with Gasteiger partial charge in [-0.15, -0.1) is 34.0 Å². The smallest absolute Gasteiger partial charge is 0.164 e. The predicted octanol–water partition coefficient (Wildman–Crippen LogP) is 35.0. The van der Waals surface area contributed by atoms with Gasteiger partial charge < -0.3 is 4.42 Å². The lowest BCUT2D eigenvalue weighted by molar-refractivity contribution is 0.299. The number of fused-ring (bicyclic) bond motifs is 24. The van der Waals surface area contributed by atoms with E-state index in [2.05, 4.69) is 320 Å². The standard InChI is InChI=1S/C45H33N3OS.C45H35N3S.C39H31N3S/c1-44(2)32-18-10-8-15-28(32)39-33(45(44,3)4)22-24-37-40(39)31-25-27(21-23-36(31)50-37)42-46-41(26-13-6-5-7-14-26)47-43(48-42)30-17-12-20-35-38(30)29-16-9-11-19-34(29)49-35;1-44(2)37-18-12-11-17-33(37)34-24-25-35-36-27-32(23-26-38(36)49-40(35)39(34)45(44,3)4)28-19-21-31(22-20-28)43-47-41(29-13-7-5-8-14-29)46-42(48-43)30-15-9-6-10-16-30;1-38(2)29-18-12-11-17-27(29)33-30(39(38,3)4)20-22-32-34(33)28-23-26(19-21-31(28)43-32)37-41-35(24-13-7-5-8-14-24)40-36(42-37)25-15-9-6-10-16-25/h5-25H,1-4H3;5-27H,1-4H3;5-23H,1-4H3. The number of thiophene rings is 3. The number of hydrogen-bond acceptors (Lipinski definition) is 13. The van der Waals surface area contributed by atoms with Gasteiger partial charge in [-0.3, -0.25) is 0 Å². The molecule has 0 saturated heterocycles. The molecular weight excluding hydrogens is 1790 g/mol. The van der Waals surface area contributed by atoms with E-state index in [1.54, 1.807) is 0 Å². The van der Waals surface area contributed by atoms with Gasteiger partial charge in [-0.05, 0) is 178 Å². The summed E-state index contributed by atoms with van der Waals surface area (Å²) in [5, 5.41) is 9.84. The molecule has 24 aromatic rings. The summed E-state index contributed by atoms with van der Waals surface area (Å²) in [6, 6.07) is 135. The van der Waals surface area contributed by atoms with Gasteiger partial charge in [-0.2, -0.15) is 0 Å². The summed E-state index contributed by atoms with van der Waals surface area (Å²) in [5.74, 6) is 5.94. The Kier molecular flexibility index (Phi) is 20.7. The number of nitrogens with zero attached hydrogens (tertiary/aromatic N) is 9. The molecule has 0 amide bonds. The number of benzene rings is 17. The van der Waals surface area contributed by atoms with Crippen LogP contribution >= 0.6 is 34.0 Å². The van der Waals surface area contributed by atoms with Crippen LogP contribution in [0.3, 0.4) is 0 Å². The fourth-order valence-electron chi connectivity index (χ4n) is 22.2. The van der Waals surface area contributed by atoms with Gasteiger partial charge in [-0.25, -0.2) is 44.9 Å². The molecule has 0 aliphatic heterocycles. The van der Waals surface area contributed by atoms with E-state index >= 15 is 0 Å². The molecule has 0 spiro atoms. The third kappa shape index (κ3) is 14.1. The lowest BCUT2D eigenvalue weighted by atomic mass is 9.55.